The molecule has 2 amide bonds. The van der Waals surface area contributed by atoms with Crippen LogP contribution in [-0.2, 0) is 28.6 Å². The number of halogens is 3. The molecule has 2 rings (SSSR count). The van der Waals surface area contributed by atoms with Gasteiger partial charge in [0.15, 0.2) is 0 Å². The maximum Gasteiger partial charge on any atom is 0.416 e. The molecule has 0 heterocycles. The molecule has 5 nitrogen and oxygen atoms in total. The standard InChI is InChI=1S/C19H19F3N2O3/c1-27-15-4-2-3-13(9-15)10-16(18(23)26)24-17(25)11-12-5-7-14(8-6-12)19(20,21)22/h2-9,16H,10-11H2,1H3,(H2,23,26)(H,24,25)/t16-/m1/s1. The van der Waals surface area contributed by atoms with E-state index in [0.29, 0.717) is 11.3 Å². The average Bonchev–Trinajstić information content (AvgIpc) is 2.61. The molecule has 144 valence electrons. The Bertz CT molecular complexity index is 805. The average molecular weight is 380 g/mol. The number of nitrogens with two attached hydrogens (primary N) is 1. The topological polar surface area (TPSA) is 81.4 Å². The Balaban J connectivity index is 2.01. The maximum atomic E-state index is 12.6. The van der Waals surface area contributed by atoms with Gasteiger partial charge in [-0.3, -0.25) is 9.59 Å². The molecule has 0 bridgehead atoms. The number of methoxy groups -OCH3 is 1. The summed E-state index contributed by atoms with van der Waals surface area (Å²) in [5.41, 5.74) is 5.70. The fourth-order valence-electron chi connectivity index (χ4n) is 2.50. The third-order valence-electron chi connectivity index (χ3n) is 3.90. The van der Waals surface area contributed by atoms with Crippen molar-refractivity contribution in [3.63, 3.8) is 0 Å². The van der Waals surface area contributed by atoms with Crippen molar-refractivity contribution in [3.8, 4) is 5.75 Å². The van der Waals surface area contributed by atoms with Crippen LogP contribution in [0.4, 0.5) is 13.2 Å². The monoisotopic (exact) mass is 380 g/mol. The van der Waals surface area contributed by atoms with Gasteiger partial charge in [0, 0.05) is 6.42 Å². The predicted octanol–water partition coefficient (Wildman–Crippen LogP) is 2.47. The second-order valence-electron chi connectivity index (χ2n) is 5.95. The van der Waals surface area contributed by atoms with Crippen LogP contribution in [0.5, 0.6) is 5.75 Å². The van der Waals surface area contributed by atoms with Crippen LogP contribution in [0, 0.1) is 0 Å². The zero-order chi connectivity index (χ0) is 20.0. The Morgan fingerprint density at radius 1 is 1.11 bits per heavy atom. The zero-order valence-electron chi connectivity index (χ0n) is 14.5. The van der Waals surface area contributed by atoms with E-state index in [-0.39, 0.29) is 12.8 Å². The second kappa shape index (κ2) is 8.57. The van der Waals surface area contributed by atoms with Gasteiger partial charge < -0.3 is 15.8 Å². The molecule has 0 aliphatic heterocycles. The van der Waals surface area contributed by atoms with E-state index in [0.717, 1.165) is 17.7 Å². The first-order chi connectivity index (χ1) is 12.7. The summed E-state index contributed by atoms with van der Waals surface area (Å²) >= 11 is 0. The van der Waals surface area contributed by atoms with E-state index in [1.165, 1.54) is 19.2 Å². The SMILES string of the molecule is COc1cccc(C[C@@H](NC(=O)Cc2ccc(C(F)(F)F)cc2)C(N)=O)c1. The first kappa shape index (κ1) is 20.3. The molecule has 0 saturated heterocycles. The molecule has 0 fully saturated rings. The lowest BCUT2D eigenvalue weighted by atomic mass is 10.0. The molecule has 27 heavy (non-hydrogen) atoms. The molecular formula is C19H19F3N2O3. The van der Waals surface area contributed by atoms with Crippen molar-refractivity contribution in [2.45, 2.75) is 25.1 Å². The van der Waals surface area contributed by atoms with E-state index in [4.69, 9.17) is 10.5 Å². The Morgan fingerprint density at radius 2 is 1.78 bits per heavy atom. The van der Waals surface area contributed by atoms with Crippen LogP contribution in [-0.4, -0.2) is 25.0 Å². The van der Waals surface area contributed by atoms with Gasteiger partial charge >= 0.3 is 6.18 Å². The number of carbonyl (C=O) groups excluding carboxylic acids is 2. The first-order valence-electron chi connectivity index (χ1n) is 8.07. The van der Waals surface area contributed by atoms with Gasteiger partial charge in [-0.05, 0) is 35.4 Å². The highest BCUT2D eigenvalue weighted by Gasteiger charge is 2.30. The molecule has 0 unspecified atom stereocenters. The highest BCUT2D eigenvalue weighted by Crippen LogP contribution is 2.29. The minimum atomic E-state index is -4.44. The van der Waals surface area contributed by atoms with Gasteiger partial charge in [-0.1, -0.05) is 24.3 Å². The highest BCUT2D eigenvalue weighted by molar-refractivity contribution is 5.87. The van der Waals surface area contributed by atoms with Crippen LogP contribution in [0.15, 0.2) is 48.5 Å². The molecular weight excluding hydrogens is 361 g/mol. The number of hydrogen-bond acceptors (Lipinski definition) is 3. The quantitative estimate of drug-likeness (QED) is 0.774. The van der Waals surface area contributed by atoms with Gasteiger partial charge in [0.2, 0.25) is 11.8 Å². The number of hydrogen-bond donors (Lipinski definition) is 2. The third-order valence-corrected chi connectivity index (χ3v) is 3.90. The smallest absolute Gasteiger partial charge is 0.416 e. The van der Waals surface area contributed by atoms with Crippen molar-refractivity contribution in [1.82, 2.24) is 5.32 Å². The molecule has 0 aromatic heterocycles. The molecule has 2 aromatic carbocycles. The summed E-state index contributed by atoms with van der Waals surface area (Å²) in [6.45, 7) is 0. The molecule has 0 spiro atoms. The van der Waals surface area contributed by atoms with Gasteiger partial charge in [-0.15, -0.1) is 0 Å². The lowest BCUT2D eigenvalue weighted by molar-refractivity contribution is -0.137. The fraction of sp³-hybridized carbons (Fsp3) is 0.263. The summed E-state index contributed by atoms with van der Waals surface area (Å²) in [5, 5.41) is 2.52. The zero-order valence-corrected chi connectivity index (χ0v) is 14.5. The van der Waals surface area contributed by atoms with Gasteiger partial charge in [0.05, 0.1) is 19.1 Å². The van der Waals surface area contributed by atoms with E-state index in [1.807, 2.05) is 0 Å². The number of rotatable bonds is 7. The number of alkyl halides is 3. The number of primary amides is 1. The summed E-state index contributed by atoms with van der Waals surface area (Å²) in [6, 6.07) is 10.3. The Hall–Kier alpha value is -3.03. The minimum absolute atomic E-state index is 0.167. The normalized spacial score (nSPS) is 12.3. The molecule has 8 heteroatoms. The van der Waals surface area contributed by atoms with Gasteiger partial charge in [-0.2, -0.15) is 13.2 Å². The Morgan fingerprint density at radius 3 is 2.33 bits per heavy atom. The minimum Gasteiger partial charge on any atom is -0.497 e. The van der Waals surface area contributed by atoms with Crippen molar-refractivity contribution in [3.05, 3.63) is 65.2 Å². The summed E-state index contributed by atoms with van der Waals surface area (Å²) in [6.07, 6.45) is -4.43. The largest absolute Gasteiger partial charge is 0.497 e. The van der Waals surface area contributed by atoms with Crippen LogP contribution >= 0.6 is 0 Å². The number of amides is 2. The van der Waals surface area contributed by atoms with Crippen molar-refractivity contribution in [2.24, 2.45) is 5.73 Å². The van der Waals surface area contributed by atoms with E-state index >= 15 is 0 Å². The van der Waals surface area contributed by atoms with Crippen LogP contribution in [0.3, 0.4) is 0 Å². The van der Waals surface area contributed by atoms with Crippen molar-refractivity contribution in [1.29, 1.82) is 0 Å². The van der Waals surface area contributed by atoms with Crippen LogP contribution in [0.2, 0.25) is 0 Å². The molecule has 0 aliphatic rings. The van der Waals surface area contributed by atoms with Crippen molar-refractivity contribution < 1.29 is 27.5 Å². The third kappa shape index (κ3) is 6.02. The first-order valence-corrected chi connectivity index (χ1v) is 8.07. The fourth-order valence-corrected chi connectivity index (χ4v) is 2.50. The van der Waals surface area contributed by atoms with Gasteiger partial charge in [0.1, 0.15) is 11.8 Å². The van der Waals surface area contributed by atoms with E-state index in [1.54, 1.807) is 24.3 Å². The lowest BCUT2D eigenvalue weighted by Gasteiger charge is -2.16. The molecule has 0 aliphatic carbocycles. The van der Waals surface area contributed by atoms with Crippen molar-refractivity contribution in [2.75, 3.05) is 7.11 Å². The van der Waals surface area contributed by atoms with Crippen molar-refractivity contribution >= 4 is 11.8 Å². The van der Waals surface area contributed by atoms with Crippen LogP contribution in [0.25, 0.3) is 0 Å². The molecule has 2 aromatic rings. The van der Waals surface area contributed by atoms with E-state index in [9.17, 15) is 22.8 Å². The summed E-state index contributed by atoms with van der Waals surface area (Å²) in [5.74, 6) is -0.619. The molecule has 0 radical (unpaired) electrons. The molecule has 0 saturated carbocycles. The predicted molar refractivity (Wildman–Crippen MR) is 93.0 cm³/mol. The Labute approximate surface area is 154 Å². The highest BCUT2D eigenvalue weighted by atomic mass is 19.4. The summed E-state index contributed by atoms with van der Waals surface area (Å²) in [4.78, 5) is 23.8. The second-order valence-corrected chi connectivity index (χ2v) is 5.95. The summed E-state index contributed by atoms with van der Waals surface area (Å²) in [7, 11) is 1.51. The van der Waals surface area contributed by atoms with Gasteiger partial charge in [-0.25, -0.2) is 0 Å². The lowest BCUT2D eigenvalue weighted by Crippen LogP contribution is -2.46. The van der Waals surface area contributed by atoms with E-state index in [2.05, 4.69) is 5.32 Å². The molecule has 3 N–H and O–H groups in total. The number of carbonyl (C=O) groups is 2. The molecule has 1 atom stereocenters. The number of nitrogens with one attached hydrogen (secondary N) is 1. The maximum absolute atomic E-state index is 12.6. The Kier molecular flexibility index (Phi) is 6.44. The van der Waals surface area contributed by atoms with Crippen LogP contribution < -0.4 is 15.8 Å². The van der Waals surface area contributed by atoms with E-state index < -0.39 is 29.6 Å². The number of ether oxygens (including phenoxy) is 1. The summed E-state index contributed by atoms with van der Waals surface area (Å²) < 4.78 is 42.8. The van der Waals surface area contributed by atoms with Crippen LogP contribution in [0.1, 0.15) is 16.7 Å². The van der Waals surface area contributed by atoms with Gasteiger partial charge in [0.25, 0.3) is 0 Å². The number of benzene rings is 2.